The van der Waals surface area contributed by atoms with Gasteiger partial charge in [0.15, 0.2) is 0 Å². The van der Waals surface area contributed by atoms with Crippen LogP contribution < -0.4 is 4.74 Å². The van der Waals surface area contributed by atoms with Crippen molar-refractivity contribution in [2.45, 2.75) is 12.3 Å². The summed E-state index contributed by atoms with van der Waals surface area (Å²) < 4.78 is 42.6. The normalized spacial score (nSPS) is 13.0. The van der Waals surface area contributed by atoms with Crippen LogP contribution in [0.3, 0.4) is 0 Å². The third-order valence-corrected chi connectivity index (χ3v) is 2.95. The standard InChI is InChI=1S/C17H13F3O3/c18-17(19,20)13-7-9-14(10-8-13)23-15(16(21)22)11-6-12-4-2-1-3-5-12/h1-11,15H,(H,21,22)/b11-6-. The number of ether oxygens (including phenoxy) is 1. The number of carboxylic acids is 1. The predicted octanol–water partition coefficient (Wildman–Crippen LogP) is 4.25. The third kappa shape index (κ3) is 4.88. The van der Waals surface area contributed by atoms with E-state index in [1.807, 2.05) is 6.07 Å². The lowest BCUT2D eigenvalue weighted by Gasteiger charge is -2.13. The molecule has 0 aliphatic heterocycles. The van der Waals surface area contributed by atoms with Crippen LogP contribution in [0.25, 0.3) is 6.08 Å². The monoisotopic (exact) mass is 322 g/mol. The molecule has 6 heteroatoms. The highest BCUT2D eigenvalue weighted by molar-refractivity contribution is 5.76. The molecule has 0 aliphatic rings. The Morgan fingerprint density at radius 2 is 1.65 bits per heavy atom. The molecule has 0 spiro atoms. The molecule has 2 aromatic carbocycles. The van der Waals surface area contributed by atoms with Crippen molar-refractivity contribution in [2.24, 2.45) is 0 Å². The number of rotatable bonds is 5. The predicted molar refractivity (Wildman–Crippen MR) is 79.0 cm³/mol. The summed E-state index contributed by atoms with van der Waals surface area (Å²) in [6, 6.07) is 12.9. The Morgan fingerprint density at radius 3 is 2.17 bits per heavy atom. The molecule has 23 heavy (non-hydrogen) atoms. The van der Waals surface area contributed by atoms with Gasteiger partial charge in [0.2, 0.25) is 6.10 Å². The summed E-state index contributed by atoms with van der Waals surface area (Å²) in [7, 11) is 0. The van der Waals surface area contributed by atoms with Crippen LogP contribution in [0.5, 0.6) is 5.75 Å². The second kappa shape index (κ2) is 7.00. The van der Waals surface area contributed by atoms with Gasteiger partial charge in [0, 0.05) is 0 Å². The third-order valence-electron chi connectivity index (χ3n) is 2.95. The summed E-state index contributed by atoms with van der Waals surface area (Å²) in [5, 5.41) is 9.14. The molecule has 1 N–H and O–H groups in total. The van der Waals surface area contributed by atoms with Crippen molar-refractivity contribution in [3.8, 4) is 5.75 Å². The number of carbonyl (C=O) groups is 1. The van der Waals surface area contributed by atoms with E-state index in [0.717, 1.165) is 29.8 Å². The van der Waals surface area contributed by atoms with Crippen LogP contribution in [0.2, 0.25) is 0 Å². The molecule has 2 aromatic rings. The largest absolute Gasteiger partial charge is 0.478 e. The van der Waals surface area contributed by atoms with Gasteiger partial charge in [0.1, 0.15) is 5.75 Å². The van der Waals surface area contributed by atoms with Gasteiger partial charge in [-0.3, -0.25) is 0 Å². The zero-order valence-corrected chi connectivity index (χ0v) is 11.8. The smallest absolute Gasteiger partial charge is 0.416 e. The second-order valence-electron chi connectivity index (χ2n) is 4.67. The Kier molecular flexibility index (Phi) is 5.05. The summed E-state index contributed by atoms with van der Waals surface area (Å²) in [6.07, 6.45) is -2.84. The summed E-state index contributed by atoms with van der Waals surface area (Å²) in [4.78, 5) is 11.2. The number of halogens is 3. The highest BCUT2D eigenvalue weighted by Gasteiger charge is 2.30. The number of aliphatic carboxylic acids is 1. The first-order valence-electron chi connectivity index (χ1n) is 6.66. The molecule has 1 unspecified atom stereocenters. The maximum atomic E-state index is 12.5. The molecule has 2 rings (SSSR count). The summed E-state index contributed by atoms with van der Waals surface area (Å²) in [5.74, 6) is -1.19. The first-order valence-corrected chi connectivity index (χ1v) is 6.66. The molecule has 120 valence electrons. The van der Waals surface area contributed by atoms with Crippen molar-refractivity contribution in [1.82, 2.24) is 0 Å². The highest BCUT2D eigenvalue weighted by Crippen LogP contribution is 2.30. The molecule has 0 aromatic heterocycles. The number of carboxylic acid groups (broad SMARTS) is 1. The maximum Gasteiger partial charge on any atom is 0.416 e. The zero-order chi connectivity index (χ0) is 16.9. The molecule has 0 saturated carbocycles. The first kappa shape index (κ1) is 16.6. The number of hydrogen-bond acceptors (Lipinski definition) is 2. The van der Waals surface area contributed by atoms with Crippen molar-refractivity contribution in [1.29, 1.82) is 0 Å². The molecule has 0 radical (unpaired) electrons. The van der Waals surface area contributed by atoms with E-state index in [2.05, 4.69) is 0 Å². The Bertz CT molecular complexity index is 676. The van der Waals surface area contributed by atoms with Gasteiger partial charge in [-0.15, -0.1) is 0 Å². The molecule has 1 atom stereocenters. The summed E-state index contributed by atoms with van der Waals surface area (Å²) >= 11 is 0. The van der Waals surface area contributed by atoms with E-state index in [9.17, 15) is 18.0 Å². The van der Waals surface area contributed by atoms with Crippen LogP contribution in [0.1, 0.15) is 11.1 Å². The fourth-order valence-electron chi connectivity index (χ4n) is 1.80. The highest BCUT2D eigenvalue weighted by atomic mass is 19.4. The van der Waals surface area contributed by atoms with E-state index in [-0.39, 0.29) is 5.75 Å². The van der Waals surface area contributed by atoms with Crippen molar-refractivity contribution >= 4 is 12.0 Å². The Morgan fingerprint density at radius 1 is 1.04 bits per heavy atom. The molecule has 0 saturated heterocycles. The average Bonchev–Trinajstić information content (AvgIpc) is 2.51. The lowest BCUT2D eigenvalue weighted by atomic mass is 10.2. The number of benzene rings is 2. The van der Waals surface area contributed by atoms with Gasteiger partial charge in [-0.25, -0.2) is 4.79 Å². The van der Waals surface area contributed by atoms with Crippen LogP contribution in [0, 0.1) is 0 Å². The summed E-state index contributed by atoms with van der Waals surface area (Å²) in [6.45, 7) is 0. The average molecular weight is 322 g/mol. The van der Waals surface area contributed by atoms with E-state index in [0.29, 0.717) is 0 Å². The van der Waals surface area contributed by atoms with Gasteiger partial charge in [-0.05, 0) is 35.9 Å². The minimum absolute atomic E-state index is 0.0445. The van der Waals surface area contributed by atoms with Crippen LogP contribution >= 0.6 is 0 Å². The molecule has 0 fully saturated rings. The van der Waals surface area contributed by atoms with E-state index in [1.54, 1.807) is 30.3 Å². The molecule has 0 aliphatic carbocycles. The lowest BCUT2D eigenvalue weighted by Crippen LogP contribution is -2.24. The van der Waals surface area contributed by atoms with Crippen LogP contribution in [-0.2, 0) is 11.0 Å². The quantitative estimate of drug-likeness (QED) is 0.895. The minimum atomic E-state index is -4.45. The number of hydrogen-bond donors (Lipinski definition) is 1. The maximum absolute atomic E-state index is 12.5. The Hall–Kier alpha value is -2.76. The fourth-order valence-corrected chi connectivity index (χ4v) is 1.80. The molecule has 3 nitrogen and oxygen atoms in total. The van der Waals surface area contributed by atoms with Crippen molar-refractivity contribution in [2.75, 3.05) is 0 Å². The molecule has 0 bridgehead atoms. The van der Waals surface area contributed by atoms with Gasteiger partial charge in [0.05, 0.1) is 5.56 Å². The van der Waals surface area contributed by atoms with Crippen molar-refractivity contribution in [3.05, 3.63) is 71.8 Å². The van der Waals surface area contributed by atoms with Crippen molar-refractivity contribution in [3.63, 3.8) is 0 Å². The van der Waals surface area contributed by atoms with Crippen LogP contribution in [-0.4, -0.2) is 17.2 Å². The molecular formula is C17H13F3O3. The van der Waals surface area contributed by atoms with Crippen LogP contribution in [0.4, 0.5) is 13.2 Å². The van der Waals surface area contributed by atoms with Gasteiger partial charge in [0.25, 0.3) is 0 Å². The Balaban J connectivity index is 2.11. The number of alkyl halides is 3. The van der Waals surface area contributed by atoms with Crippen molar-refractivity contribution < 1.29 is 27.8 Å². The lowest BCUT2D eigenvalue weighted by molar-refractivity contribution is -0.143. The van der Waals surface area contributed by atoms with Gasteiger partial charge in [-0.2, -0.15) is 13.2 Å². The second-order valence-corrected chi connectivity index (χ2v) is 4.67. The van der Waals surface area contributed by atoms with E-state index in [4.69, 9.17) is 9.84 Å². The topological polar surface area (TPSA) is 46.5 Å². The summed E-state index contributed by atoms with van der Waals surface area (Å²) in [5.41, 5.74) is -0.0358. The molecular weight excluding hydrogens is 309 g/mol. The van der Waals surface area contributed by atoms with Crippen LogP contribution in [0.15, 0.2) is 60.7 Å². The first-order chi connectivity index (χ1) is 10.9. The molecule has 0 heterocycles. The van der Waals surface area contributed by atoms with E-state index >= 15 is 0 Å². The van der Waals surface area contributed by atoms with Gasteiger partial charge in [-0.1, -0.05) is 36.4 Å². The zero-order valence-electron chi connectivity index (χ0n) is 11.8. The fraction of sp³-hybridized carbons (Fsp3) is 0.118. The molecule has 0 amide bonds. The van der Waals surface area contributed by atoms with E-state index in [1.165, 1.54) is 6.08 Å². The SMILES string of the molecule is O=C(O)C(/C=C\c1ccccc1)Oc1ccc(C(F)(F)F)cc1. The van der Waals surface area contributed by atoms with Gasteiger partial charge < -0.3 is 9.84 Å². The Labute approximate surface area is 130 Å². The van der Waals surface area contributed by atoms with Gasteiger partial charge >= 0.3 is 12.1 Å². The minimum Gasteiger partial charge on any atom is -0.478 e. The van der Waals surface area contributed by atoms with E-state index < -0.39 is 23.8 Å².